The monoisotopic (exact) mass is 322 g/mol. The van der Waals surface area contributed by atoms with Crippen molar-refractivity contribution < 1.29 is 14.6 Å². The molecule has 120 valence electrons. The Morgan fingerprint density at radius 1 is 1.08 bits per heavy atom. The van der Waals surface area contributed by atoms with Gasteiger partial charge in [0.25, 0.3) is 0 Å². The summed E-state index contributed by atoms with van der Waals surface area (Å²) >= 11 is 0. The van der Waals surface area contributed by atoms with Gasteiger partial charge in [0.2, 0.25) is 0 Å². The molecule has 2 aromatic carbocycles. The van der Waals surface area contributed by atoms with Crippen LogP contribution in [-0.4, -0.2) is 10.2 Å². The average Bonchev–Trinajstić information content (AvgIpc) is 2.58. The van der Waals surface area contributed by atoms with E-state index in [4.69, 9.17) is 9.68 Å². The molecule has 0 radical (unpaired) electrons. The predicted molar refractivity (Wildman–Crippen MR) is 87.5 cm³/mol. The molecule has 0 amide bonds. The van der Waals surface area contributed by atoms with E-state index in [1.54, 1.807) is 12.1 Å². The summed E-state index contributed by atoms with van der Waals surface area (Å²) in [5, 5.41) is 31.1. The molecule has 0 aliphatic heterocycles. The Morgan fingerprint density at radius 2 is 1.83 bits per heavy atom. The molecular formula is C18H14N2O4. The van der Waals surface area contributed by atoms with Gasteiger partial charge in [0.15, 0.2) is 16.9 Å². The zero-order chi connectivity index (χ0) is 17.1. The van der Waals surface area contributed by atoms with Crippen LogP contribution in [0.4, 0.5) is 0 Å². The summed E-state index contributed by atoms with van der Waals surface area (Å²) < 4.78 is 5.58. The maximum atomic E-state index is 12.1. The number of phenolic OH excluding ortho intramolecular Hbond substituents is 2. The lowest BCUT2D eigenvalue weighted by molar-refractivity contribution is 0.406. The molecule has 0 atom stereocenters. The molecule has 0 aliphatic carbocycles. The van der Waals surface area contributed by atoms with Gasteiger partial charge in [-0.2, -0.15) is 5.26 Å². The summed E-state index contributed by atoms with van der Waals surface area (Å²) in [6.07, 6.45) is 0. The van der Waals surface area contributed by atoms with Crippen molar-refractivity contribution in [3.05, 3.63) is 69.6 Å². The van der Waals surface area contributed by atoms with Crippen LogP contribution >= 0.6 is 0 Å². The summed E-state index contributed by atoms with van der Waals surface area (Å²) in [6.45, 7) is 0.876. The van der Waals surface area contributed by atoms with Crippen LogP contribution in [0.25, 0.3) is 11.0 Å². The number of hydrogen-bond donors (Lipinski definition) is 3. The smallest absolute Gasteiger partial charge is 0.196 e. The number of nitriles is 1. The lowest BCUT2D eigenvalue weighted by atomic mass is 10.1. The number of nitrogens with zero attached hydrogens (tertiary/aromatic N) is 1. The number of benzene rings is 2. The Kier molecular flexibility index (Phi) is 4.18. The molecule has 3 aromatic rings. The first-order valence-corrected chi connectivity index (χ1v) is 7.26. The van der Waals surface area contributed by atoms with Crippen LogP contribution in [0.2, 0.25) is 0 Å². The van der Waals surface area contributed by atoms with E-state index in [1.165, 1.54) is 18.2 Å². The topological polar surface area (TPSA) is 106 Å². The van der Waals surface area contributed by atoms with E-state index in [2.05, 4.69) is 11.4 Å². The van der Waals surface area contributed by atoms with Gasteiger partial charge in [-0.05, 0) is 29.8 Å². The van der Waals surface area contributed by atoms with Gasteiger partial charge < -0.3 is 19.9 Å². The van der Waals surface area contributed by atoms with Crippen molar-refractivity contribution in [1.82, 2.24) is 5.32 Å². The summed E-state index contributed by atoms with van der Waals surface area (Å²) in [5.41, 5.74) is 1.40. The number of phenols is 2. The van der Waals surface area contributed by atoms with Gasteiger partial charge in [-0.15, -0.1) is 0 Å². The molecule has 1 heterocycles. The molecule has 6 nitrogen and oxygen atoms in total. The van der Waals surface area contributed by atoms with Gasteiger partial charge in [-0.3, -0.25) is 4.79 Å². The van der Waals surface area contributed by atoms with Crippen molar-refractivity contribution in [2.75, 3.05) is 0 Å². The van der Waals surface area contributed by atoms with Crippen LogP contribution < -0.4 is 10.7 Å². The fraction of sp³-hybridized carbons (Fsp3) is 0.111. The zero-order valence-electron chi connectivity index (χ0n) is 12.6. The zero-order valence-corrected chi connectivity index (χ0v) is 12.6. The molecule has 6 heteroatoms. The van der Waals surface area contributed by atoms with Crippen molar-refractivity contribution in [1.29, 1.82) is 5.26 Å². The predicted octanol–water partition coefficient (Wildman–Crippen LogP) is 2.37. The van der Waals surface area contributed by atoms with E-state index in [0.29, 0.717) is 24.4 Å². The molecule has 0 spiro atoms. The molecule has 1 aromatic heterocycles. The Labute approximate surface area is 137 Å². The highest BCUT2D eigenvalue weighted by Gasteiger charge is 2.12. The van der Waals surface area contributed by atoms with Crippen molar-refractivity contribution in [3.63, 3.8) is 0 Å². The third-order valence-electron chi connectivity index (χ3n) is 3.61. The van der Waals surface area contributed by atoms with Crippen LogP contribution in [0.5, 0.6) is 11.5 Å². The molecular weight excluding hydrogens is 308 g/mol. The second-order valence-corrected chi connectivity index (χ2v) is 5.30. The quantitative estimate of drug-likeness (QED) is 0.637. The van der Waals surface area contributed by atoms with Crippen LogP contribution in [0.3, 0.4) is 0 Å². The number of hydrogen-bond acceptors (Lipinski definition) is 6. The Balaban J connectivity index is 1.75. The minimum absolute atomic E-state index is 0.0363. The number of rotatable bonds is 4. The van der Waals surface area contributed by atoms with Gasteiger partial charge in [0.1, 0.15) is 16.7 Å². The fourth-order valence-electron chi connectivity index (χ4n) is 2.39. The fourth-order valence-corrected chi connectivity index (χ4v) is 2.39. The van der Waals surface area contributed by atoms with Crippen molar-refractivity contribution in [2.24, 2.45) is 0 Å². The molecule has 0 fully saturated rings. The molecule has 0 bridgehead atoms. The lowest BCUT2D eigenvalue weighted by Gasteiger charge is -2.07. The summed E-state index contributed by atoms with van der Waals surface area (Å²) in [7, 11) is 0. The largest absolute Gasteiger partial charge is 0.504 e. The van der Waals surface area contributed by atoms with E-state index in [9.17, 15) is 15.0 Å². The standard InChI is InChI=1S/C18H14N2O4/c19-8-11-1-3-12(4-2-11)9-20-10-13-7-15(22)17-16(24-13)6-5-14(21)18(17)23/h1-7,20-21,23H,9-10H2. The van der Waals surface area contributed by atoms with Crippen LogP contribution in [0.15, 0.2) is 51.7 Å². The van der Waals surface area contributed by atoms with E-state index >= 15 is 0 Å². The first-order valence-electron chi connectivity index (χ1n) is 7.26. The van der Waals surface area contributed by atoms with Gasteiger partial charge in [-0.1, -0.05) is 12.1 Å². The Hall–Kier alpha value is -3.30. The highest BCUT2D eigenvalue weighted by molar-refractivity contribution is 5.85. The second-order valence-electron chi connectivity index (χ2n) is 5.30. The second kappa shape index (κ2) is 6.44. The van der Waals surface area contributed by atoms with Gasteiger partial charge in [-0.25, -0.2) is 0 Å². The van der Waals surface area contributed by atoms with Crippen molar-refractivity contribution in [2.45, 2.75) is 13.1 Å². The minimum atomic E-state index is -0.474. The highest BCUT2D eigenvalue weighted by atomic mass is 16.3. The summed E-state index contributed by atoms with van der Waals surface area (Å²) in [4.78, 5) is 12.1. The minimum Gasteiger partial charge on any atom is -0.504 e. The van der Waals surface area contributed by atoms with E-state index < -0.39 is 11.2 Å². The van der Waals surface area contributed by atoms with E-state index in [0.717, 1.165) is 5.56 Å². The third-order valence-corrected chi connectivity index (χ3v) is 3.61. The molecule has 0 unspecified atom stereocenters. The number of aromatic hydroxyl groups is 2. The third kappa shape index (κ3) is 3.07. The van der Waals surface area contributed by atoms with Crippen molar-refractivity contribution >= 4 is 11.0 Å². The van der Waals surface area contributed by atoms with Crippen LogP contribution in [0, 0.1) is 11.3 Å². The first kappa shape index (κ1) is 15.6. The van der Waals surface area contributed by atoms with Crippen molar-refractivity contribution in [3.8, 4) is 17.6 Å². The van der Waals surface area contributed by atoms with E-state index in [1.807, 2.05) is 12.1 Å². The van der Waals surface area contributed by atoms with Crippen LogP contribution in [0.1, 0.15) is 16.9 Å². The van der Waals surface area contributed by atoms with Crippen LogP contribution in [-0.2, 0) is 13.1 Å². The maximum Gasteiger partial charge on any atom is 0.196 e. The average molecular weight is 322 g/mol. The molecule has 3 N–H and O–H groups in total. The summed E-state index contributed by atoms with van der Waals surface area (Å²) in [5.74, 6) is -0.411. The van der Waals surface area contributed by atoms with Gasteiger partial charge in [0.05, 0.1) is 18.2 Å². The molecule has 24 heavy (non-hydrogen) atoms. The van der Waals surface area contributed by atoms with Gasteiger partial charge >= 0.3 is 0 Å². The molecule has 0 aliphatic rings. The molecule has 0 saturated heterocycles. The highest BCUT2D eigenvalue weighted by Crippen LogP contribution is 2.31. The number of nitrogens with one attached hydrogen (secondary N) is 1. The first-order chi connectivity index (χ1) is 11.6. The SMILES string of the molecule is N#Cc1ccc(CNCc2cc(=O)c3c(O)c(O)ccc3o2)cc1. The molecule has 0 saturated carbocycles. The van der Waals surface area contributed by atoms with E-state index in [-0.39, 0.29) is 16.7 Å². The normalized spacial score (nSPS) is 10.6. The maximum absolute atomic E-state index is 12.1. The number of fused-ring (bicyclic) bond motifs is 1. The summed E-state index contributed by atoms with van der Waals surface area (Å²) in [6, 6.07) is 13.2. The van der Waals surface area contributed by atoms with Gasteiger partial charge in [0, 0.05) is 12.6 Å². The Morgan fingerprint density at radius 3 is 2.54 bits per heavy atom. The Bertz CT molecular complexity index is 985. The lowest BCUT2D eigenvalue weighted by Crippen LogP contribution is -2.14. The molecule has 3 rings (SSSR count).